The zero-order valence-corrected chi connectivity index (χ0v) is 16.6. The van der Waals surface area contributed by atoms with Crippen LogP contribution in [0.5, 0.6) is 0 Å². The van der Waals surface area contributed by atoms with Crippen molar-refractivity contribution in [2.75, 3.05) is 25.0 Å². The summed E-state index contributed by atoms with van der Waals surface area (Å²) in [6, 6.07) is 5.79. The van der Waals surface area contributed by atoms with E-state index in [2.05, 4.69) is 16.9 Å². The van der Waals surface area contributed by atoms with E-state index in [0.717, 1.165) is 36.6 Å². The topological polar surface area (TPSA) is 41.4 Å². The Labute approximate surface area is 160 Å². The van der Waals surface area contributed by atoms with Gasteiger partial charge in [0, 0.05) is 50.7 Å². The minimum Gasteiger partial charge on any atom is -0.372 e. The Hall–Kier alpha value is -2.01. The Kier molecular flexibility index (Phi) is 5.87. The molecule has 1 amide bonds. The van der Waals surface area contributed by atoms with Gasteiger partial charge in [-0.3, -0.25) is 9.48 Å². The monoisotopic (exact) mass is 374 g/mol. The van der Waals surface area contributed by atoms with Crippen molar-refractivity contribution in [2.24, 2.45) is 0 Å². The van der Waals surface area contributed by atoms with Crippen LogP contribution in [0.3, 0.4) is 0 Å². The van der Waals surface area contributed by atoms with Gasteiger partial charge in [-0.1, -0.05) is 11.6 Å². The molecule has 1 saturated heterocycles. The third kappa shape index (κ3) is 4.04. The smallest absolute Gasteiger partial charge is 0.255 e. The Bertz CT molecular complexity index is 780. The molecule has 0 aliphatic carbocycles. The van der Waals surface area contributed by atoms with Gasteiger partial charge in [-0.15, -0.1) is 0 Å². The van der Waals surface area contributed by atoms with Crippen LogP contribution < -0.4 is 4.90 Å². The average Bonchev–Trinajstić information content (AvgIpc) is 3.02. The zero-order chi connectivity index (χ0) is 18.7. The summed E-state index contributed by atoms with van der Waals surface area (Å²) in [6.45, 7) is 7.46. The summed E-state index contributed by atoms with van der Waals surface area (Å²) in [5.41, 5.74) is 3.67. The van der Waals surface area contributed by atoms with E-state index in [0.29, 0.717) is 17.1 Å². The molecule has 0 bridgehead atoms. The summed E-state index contributed by atoms with van der Waals surface area (Å²) in [6.07, 6.45) is 5.69. The minimum absolute atomic E-state index is 0.0579. The third-order valence-electron chi connectivity index (χ3n) is 5.03. The van der Waals surface area contributed by atoms with Crippen molar-refractivity contribution in [3.63, 3.8) is 0 Å². The summed E-state index contributed by atoms with van der Waals surface area (Å²) in [5.74, 6) is -0.0579. The highest BCUT2D eigenvalue weighted by atomic mass is 35.5. The van der Waals surface area contributed by atoms with Crippen LogP contribution in [0.15, 0.2) is 24.4 Å². The summed E-state index contributed by atoms with van der Waals surface area (Å²) in [4.78, 5) is 17.0. The molecule has 2 aromatic rings. The van der Waals surface area contributed by atoms with Crippen LogP contribution in [0.25, 0.3) is 0 Å². The molecule has 26 heavy (non-hydrogen) atoms. The van der Waals surface area contributed by atoms with Gasteiger partial charge in [0.1, 0.15) is 0 Å². The van der Waals surface area contributed by atoms with E-state index in [1.807, 2.05) is 43.0 Å². The van der Waals surface area contributed by atoms with E-state index >= 15 is 0 Å². The maximum absolute atomic E-state index is 13.0. The summed E-state index contributed by atoms with van der Waals surface area (Å²) >= 11 is 6.35. The number of hydrogen-bond donors (Lipinski definition) is 0. The van der Waals surface area contributed by atoms with Crippen LogP contribution in [0.4, 0.5) is 5.69 Å². The fraction of sp³-hybridized carbons (Fsp3) is 0.500. The Morgan fingerprint density at radius 1 is 1.27 bits per heavy atom. The quantitative estimate of drug-likeness (QED) is 0.790. The van der Waals surface area contributed by atoms with Gasteiger partial charge in [-0.2, -0.15) is 5.10 Å². The van der Waals surface area contributed by atoms with Crippen molar-refractivity contribution in [3.8, 4) is 0 Å². The molecule has 1 aliphatic rings. The summed E-state index contributed by atoms with van der Waals surface area (Å²) in [5, 5.41) is 4.96. The predicted molar refractivity (Wildman–Crippen MR) is 106 cm³/mol. The van der Waals surface area contributed by atoms with Crippen molar-refractivity contribution in [1.29, 1.82) is 0 Å². The first-order valence-corrected chi connectivity index (χ1v) is 9.70. The number of piperidine rings is 1. The molecule has 3 rings (SSSR count). The van der Waals surface area contributed by atoms with E-state index in [9.17, 15) is 4.79 Å². The van der Waals surface area contributed by atoms with E-state index in [1.54, 1.807) is 4.90 Å². The van der Waals surface area contributed by atoms with Gasteiger partial charge < -0.3 is 9.80 Å². The van der Waals surface area contributed by atoms with Crippen molar-refractivity contribution in [3.05, 3.63) is 46.2 Å². The molecule has 1 aromatic carbocycles. The molecule has 5 nitrogen and oxygen atoms in total. The number of amides is 1. The predicted octanol–water partition coefficient (Wildman–Crippen LogP) is 4.13. The number of rotatable bonds is 5. The number of carbonyl (C=O) groups is 1. The molecule has 0 spiro atoms. The first kappa shape index (κ1) is 18.8. The molecule has 0 radical (unpaired) electrons. The second kappa shape index (κ2) is 8.12. The van der Waals surface area contributed by atoms with Crippen molar-refractivity contribution >= 4 is 23.2 Å². The number of carbonyl (C=O) groups excluding carboxylic acids is 1. The maximum Gasteiger partial charge on any atom is 0.255 e. The molecule has 2 heterocycles. The van der Waals surface area contributed by atoms with Crippen LogP contribution in [0.2, 0.25) is 5.02 Å². The number of aryl methyl sites for hydroxylation is 2. The molecule has 1 fully saturated rings. The third-order valence-corrected chi connectivity index (χ3v) is 5.36. The molecule has 140 valence electrons. The van der Waals surface area contributed by atoms with Gasteiger partial charge >= 0.3 is 0 Å². The molecule has 0 N–H and O–H groups in total. The second-order valence-corrected chi connectivity index (χ2v) is 7.38. The molecular weight excluding hydrogens is 348 g/mol. The lowest BCUT2D eigenvalue weighted by atomic mass is 10.1. The molecule has 0 unspecified atom stereocenters. The van der Waals surface area contributed by atoms with Crippen LogP contribution in [-0.2, 0) is 13.1 Å². The SMILES string of the molecule is CCn1cc(CN(C)C(=O)c2cc(N3CCCCC3)ccc2Cl)c(C)n1. The fourth-order valence-corrected chi connectivity index (χ4v) is 3.63. The van der Waals surface area contributed by atoms with Crippen LogP contribution in [0, 0.1) is 6.92 Å². The van der Waals surface area contributed by atoms with Gasteiger partial charge in [-0.25, -0.2) is 0 Å². The van der Waals surface area contributed by atoms with Gasteiger partial charge in [0.15, 0.2) is 0 Å². The fourth-order valence-electron chi connectivity index (χ4n) is 3.44. The number of aromatic nitrogens is 2. The van der Waals surface area contributed by atoms with E-state index in [-0.39, 0.29) is 5.91 Å². The lowest BCUT2D eigenvalue weighted by molar-refractivity contribution is 0.0785. The molecule has 1 aromatic heterocycles. The first-order valence-electron chi connectivity index (χ1n) is 9.32. The molecule has 6 heteroatoms. The number of nitrogens with zero attached hydrogens (tertiary/aromatic N) is 4. The second-order valence-electron chi connectivity index (χ2n) is 6.97. The summed E-state index contributed by atoms with van der Waals surface area (Å²) in [7, 11) is 1.81. The zero-order valence-electron chi connectivity index (χ0n) is 15.8. The lowest BCUT2D eigenvalue weighted by Crippen LogP contribution is -2.30. The number of halogens is 1. The Morgan fingerprint density at radius 3 is 2.65 bits per heavy atom. The van der Waals surface area contributed by atoms with Gasteiger partial charge in [0.05, 0.1) is 16.3 Å². The van der Waals surface area contributed by atoms with Crippen molar-refractivity contribution < 1.29 is 4.79 Å². The summed E-state index contributed by atoms with van der Waals surface area (Å²) < 4.78 is 1.90. The number of anilines is 1. The minimum atomic E-state index is -0.0579. The Morgan fingerprint density at radius 2 is 2.00 bits per heavy atom. The van der Waals surface area contributed by atoms with E-state index in [1.165, 1.54) is 19.3 Å². The molecule has 1 aliphatic heterocycles. The van der Waals surface area contributed by atoms with Crippen LogP contribution in [0.1, 0.15) is 47.8 Å². The average molecular weight is 375 g/mol. The van der Waals surface area contributed by atoms with Crippen LogP contribution in [-0.4, -0.2) is 40.7 Å². The lowest BCUT2D eigenvalue weighted by Gasteiger charge is -2.29. The first-order chi connectivity index (χ1) is 12.5. The normalized spacial score (nSPS) is 14.5. The largest absolute Gasteiger partial charge is 0.372 e. The standard InChI is InChI=1S/C20H27ClN4O/c1-4-25-14-16(15(2)22-25)13-23(3)20(26)18-12-17(8-9-19(18)21)24-10-6-5-7-11-24/h8-9,12,14H,4-7,10-11,13H2,1-3H3. The van der Waals surface area contributed by atoms with Gasteiger partial charge in [0.2, 0.25) is 0 Å². The highest BCUT2D eigenvalue weighted by Gasteiger charge is 2.20. The number of hydrogen-bond acceptors (Lipinski definition) is 3. The van der Waals surface area contributed by atoms with Gasteiger partial charge in [-0.05, 0) is 51.3 Å². The van der Waals surface area contributed by atoms with E-state index < -0.39 is 0 Å². The maximum atomic E-state index is 13.0. The Balaban J connectivity index is 1.78. The van der Waals surface area contributed by atoms with Crippen LogP contribution >= 0.6 is 11.6 Å². The highest BCUT2D eigenvalue weighted by Crippen LogP contribution is 2.27. The molecular formula is C20H27ClN4O. The van der Waals surface area contributed by atoms with Gasteiger partial charge in [0.25, 0.3) is 5.91 Å². The van der Waals surface area contributed by atoms with E-state index in [4.69, 9.17) is 11.6 Å². The highest BCUT2D eigenvalue weighted by molar-refractivity contribution is 6.34. The van der Waals surface area contributed by atoms with Crippen molar-refractivity contribution in [1.82, 2.24) is 14.7 Å². The molecule has 0 saturated carbocycles. The van der Waals surface area contributed by atoms with Crippen molar-refractivity contribution in [2.45, 2.75) is 46.2 Å². The molecule has 0 atom stereocenters. The number of benzene rings is 1.